The predicted octanol–water partition coefficient (Wildman–Crippen LogP) is 3.73. The van der Waals surface area contributed by atoms with Crippen molar-refractivity contribution in [2.75, 3.05) is 0 Å². The first-order valence-corrected chi connectivity index (χ1v) is 6.46. The summed E-state index contributed by atoms with van der Waals surface area (Å²) in [6, 6.07) is 7.96. The molecule has 0 atom stereocenters. The Balaban J connectivity index is 2.05. The highest BCUT2D eigenvalue weighted by molar-refractivity contribution is 6.28. The first kappa shape index (κ1) is 11.4. The minimum atomic E-state index is 0.161. The van der Waals surface area contributed by atoms with Crippen molar-refractivity contribution in [3.05, 3.63) is 41.3 Å². The van der Waals surface area contributed by atoms with Crippen LogP contribution in [0.15, 0.2) is 34.9 Å². The second-order valence-corrected chi connectivity index (χ2v) is 4.92. The number of aromatic amines is 1. The number of para-hydroxylation sites is 1. The van der Waals surface area contributed by atoms with Crippen LogP contribution in [0.5, 0.6) is 0 Å². The normalized spacial score (nSPS) is 11.5. The first-order valence-electron chi connectivity index (χ1n) is 6.08. The van der Waals surface area contributed by atoms with Crippen LogP contribution < -0.4 is 0 Å². The van der Waals surface area contributed by atoms with Gasteiger partial charge in [0.05, 0.1) is 11.6 Å². The van der Waals surface area contributed by atoms with Crippen molar-refractivity contribution in [3.8, 4) is 11.5 Å². The van der Waals surface area contributed by atoms with E-state index in [-0.39, 0.29) is 5.28 Å². The summed E-state index contributed by atoms with van der Waals surface area (Å²) in [6.07, 6.45) is 1.67. The van der Waals surface area contributed by atoms with Crippen molar-refractivity contribution < 1.29 is 4.42 Å². The number of nitrogens with zero attached hydrogens (tertiary/aromatic N) is 3. The van der Waals surface area contributed by atoms with Gasteiger partial charge in [-0.05, 0) is 30.2 Å². The van der Waals surface area contributed by atoms with Crippen LogP contribution in [0.25, 0.3) is 33.5 Å². The van der Waals surface area contributed by atoms with Gasteiger partial charge in [-0.15, -0.1) is 0 Å². The Labute approximate surface area is 118 Å². The zero-order chi connectivity index (χ0) is 13.7. The highest BCUT2D eigenvalue weighted by atomic mass is 35.5. The van der Waals surface area contributed by atoms with Gasteiger partial charge in [0.25, 0.3) is 0 Å². The third kappa shape index (κ3) is 1.60. The van der Waals surface area contributed by atoms with Gasteiger partial charge >= 0.3 is 0 Å². The van der Waals surface area contributed by atoms with Crippen molar-refractivity contribution in [2.45, 2.75) is 6.92 Å². The van der Waals surface area contributed by atoms with Crippen LogP contribution in [0.3, 0.4) is 0 Å². The van der Waals surface area contributed by atoms with E-state index in [1.807, 2.05) is 31.2 Å². The number of halogens is 1. The van der Waals surface area contributed by atoms with Crippen molar-refractivity contribution in [2.24, 2.45) is 0 Å². The summed E-state index contributed by atoms with van der Waals surface area (Å²) in [5, 5.41) is 8.74. The number of aryl methyl sites for hydroxylation is 1. The van der Waals surface area contributed by atoms with Gasteiger partial charge in [0.15, 0.2) is 11.4 Å². The van der Waals surface area contributed by atoms with Gasteiger partial charge in [-0.2, -0.15) is 10.1 Å². The third-order valence-corrected chi connectivity index (χ3v) is 3.43. The second kappa shape index (κ2) is 4.05. The zero-order valence-corrected chi connectivity index (χ0v) is 11.3. The number of benzene rings is 1. The molecule has 1 N–H and O–H groups in total. The molecular weight excluding hydrogens is 276 g/mol. The van der Waals surface area contributed by atoms with Crippen LogP contribution in [0.2, 0.25) is 5.28 Å². The quantitative estimate of drug-likeness (QED) is 0.541. The fourth-order valence-corrected chi connectivity index (χ4v) is 2.49. The van der Waals surface area contributed by atoms with Gasteiger partial charge in [0.2, 0.25) is 5.28 Å². The lowest BCUT2D eigenvalue weighted by Gasteiger charge is -1.98. The van der Waals surface area contributed by atoms with E-state index in [4.69, 9.17) is 16.0 Å². The van der Waals surface area contributed by atoms with E-state index < -0.39 is 0 Å². The molecule has 0 spiro atoms. The summed E-state index contributed by atoms with van der Waals surface area (Å²) in [5.41, 5.74) is 3.17. The van der Waals surface area contributed by atoms with E-state index >= 15 is 0 Å². The van der Waals surface area contributed by atoms with E-state index in [2.05, 4.69) is 20.2 Å². The molecule has 20 heavy (non-hydrogen) atoms. The Bertz CT molecular complexity index is 941. The predicted molar refractivity (Wildman–Crippen MR) is 76.6 cm³/mol. The van der Waals surface area contributed by atoms with Gasteiger partial charge in [0, 0.05) is 5.39 Å². The Hall–Kier alpha value is -2.40. The molecule has 5 nitrogen and oxygen atoms in total. The molecule has 4 aromatic rings. The molecule has 0 bridgehead atoms. The maximum absolute atomic E-state index is 5.95. The van der Waals surface area contributed by atoms with Gasteiger partial charge in [0.1, 0.15) is 11.3 Å². The van der Waals surface area contributed by atoms with Crippen molar-refractivity contribution in [1.29, 1.82) is 0 Å². The Morgan fingerprint density at radius 2 is 2.15 bits per heavy atom. The van der Waals surface area contributed by atoms with E-state index in [9.17, 15) is 0 Å². The number of hydrogen-bond acceptors (Lipinski definition) is 4. The maximum Gasteiger partial charge on any atom is 0.225 e. The number of aromatic nitrogens is 4. The Kier molecular flexibility index (Phi) is 2.31. The lowest BCUT2D eigenvalue weighted by molar-refractivity contribution is 0.626. The minimum Gasteiger partial charge on any atom is -0.454 e. The fourth-order valence-electron chi connectivity index (χ4n) is 2.32. The first-order chi connectivity index (χ1) is 9.72. The molecule has 0 saturated carbocycles. The summed E-state index contributed by atoms with van der Waals surface area (Å²) in [4.78, 5) is 8.36. The molecule has 3 heterocycles. The zero-order valence-electron chi connectivity index (χ0n) is 10.5. The molecule has 4 rings (SSSR count). The maximum atomic E-state index is 5.95. The molecule has 98 valence electrons. The SMILES string of the molecule is Cc1cccc2cc(-c3nc(Cl)nc4[nH]ncc34)oc12. The number of hydrogen-bond donors (Lipinski definition) is 1. The van der Waals surface area contributed by atoms with Crippen LogP contribution in [-0.2, 0) is 0 Å². The standard InChI is InChI=1S/C14H9ClN4O/c1-7-3-2-4-8-5-10(20-12(7)8)11-9-6-16-19-13(9)18-14(15)17-11/h2-6H,1H3,(H,16,17,18,19). The smallest absolute Gasteiger partial charge is 0.225 e. The van der Waals surface area contributed by atoms with Crippen LogP contribution in [-0.4, -0.2) is 20.2 Å². The largest absolute Gasteiger partial charge is 0.454 e. The number of furan rings is 1. The van der Waals surface area contributed by atoms with Crippen molar-refractivity contribution >= 4 is 33.6 Å². The van der Waals surface area contributed by atoms with Crippen LogP contribution in [0.1, 0.15) is 5.56 Å². The molecule has 0 aliphatic heterocycles. The molecular formula is C14H9ClN4O. The minimum absolute atomic E-state index is 0.161. The van der Waals surface area contributed by atoms with E-state index in [0.29, 0.717) is 17.1 Å². The molecule has 3 aromatic heterocycles. The average Bonchev–Trinajstić information content (AvgIpc) is 3.04. The lowest BCUT2D eigenvalue weighted by Crippen LogP contribution is -1.88. The summed E-state index contributed by atoms with van der Waals surface area (Å²) < 4.78 is 5.93. The highest BCUT2D eigenvalue weighted by Crippen LogP contribution is 2.32. The number of rotatable bonds is 1. The van der Waals surface area contributed by atoms with Crippen LogP contribution in [0, 0.1) is 6.92 Å². The molecule has 0 aliphatic carbocycles. The molecule has 0 radical (unpaired) electrons. The molecule has 0 amide bonds. The summed E-state index contributed by atoms with van der Waals surface area (Å²) >= 11 is 5.95. The van der Waals surface area contributed by atoms with E-state index in [0.717, 1.165) is 21.9 Å². The molecule has 6 heteroatoms. The summed E-state index contributed by atoms with van der Waals surface area (Å²) in [5.74, 6) is 0.657. The van der Waals surface area contributed by atoms with Crippen molar-refractivity contribution in [3.63, 3.8) is 0 Å². The van der Waals surface area contributed by atoms with Gasteiger partial charge < -0.3 is 4.42 Å². The molecule has 0 aliphatic rings. The fraction of sp³-hybridized carbons (Fsp3) is 0.0714. The number of H-pyrrole nitrogens is 1. The summed E-state index contributed by atoms with van der Waals surface area (Å²) in [7, 11) is 0. The van der Waals surface area contributed by atoms with Crippen LogP contribution >= 0.6 is 11.6 Å². The number of nitrogens with one attached hydrogen (secondary N) is 1. The van der Waals surface area contributed by atoms with Gasteiger partial charge in [-0.25, -0.2) is 4.98 Å². The Morgan fingerprint density at radius 1 is 1.25 bits per heavy atom. The Morgan fingerprint density at radius 3 is 3.00 bits per heavy atom. The van der Waals surface area contributed by atoms with E-state index in [1.54, 1.807) is 6.20 Å². The van der Waals surface area contributed by atoms with Crippen LogP contribution in [0.4, 0.5) is 0 Å². The summed E-state index contributed by atoms with van der Waals surface area (Å²) in [6.45, 7) is 2.01. The number of fused-ring (bicyclic) bond motifs is 2. The van der Waals surface area contributed by atoms with Crippen molar-refractivity contribution in [1.82, 2.24) is 20.2 Å². The third-order valence-electron chi connectivity index (χ3n) is 3.26. The highest BCUT2D eigenvalue weighted by Gasteiger charge is 2.15. The average molecular weight is 285 g/mol. The second-order valence-electron chi connectivity index (χ2n) is 4.58. The van der Waals surface area contributed by atoms with E-state index in [1.165, 1.54) is 0 Å². The topological polar surface area (TPSA) is 67.6 Å². The monoisotopic (exact) mass is 284 g/mol. The van der Waals surface area contributed by atoms with Gasteiger partial charge in [-0.3, -0.25) is 5.10 Å². The molecule has 0 saturated heterocycles. The molecule has 0 unspecified atom stereocenters. The lowest BCUT2D eigenvalue weighted by atomic mass is 10.1. The molecule has 0 fully saturated rings. The molecule has 1 aromatic carbocycles. The van der Waals surface area contributed by atoms with Gasteiger partial charge in [-0.1, -0.05) is 18.2 Å².